The van der Waals surface area contributed by atoms with Gasteiger partial charge in [0.15, 0.2) is 0 Å². The molecule has 1 aromatic carbocycles. The third-order valence-corrected chi connectivity index (χ3v) is 7.34. The summed E-state index contributed by atoms with van der Waals surface area (Å²) in [7, 11) is 0. The van der Waals surface area contributed by atoms with Gasteiger partial charge in [-0.25, -0.2) is 14.6 Å². The zero-order valence-corrected chi connectivity index (χ0v) is 21.6. The van der Waals surface area contributed by atoms with Crippen LogP contribution in [0.15, 0.2) is 30.3 Å². The van der Waals surface area contributed by atoms with Gasteiger partial charge in [-0.3, -0.25) is 19.9 Å². The van der Waals surface area contributed by atoms with Gasteiger partial charge in [0.2, 0.25) is 5.91 Å². The van der Waals surface area contributed by atoms with Crippen LogP contribution in [0.5, 0.6) is 0 Å². The van der Waals surface area contributed by atoms with Crippen LogP contribution >= 0.6 is 0 Å². The van der Waals surface area contributed by atoms with Gasteiger partial charge in [0.1, 0.15) is 18.2 Å². The lowest BCUT2D eigenvalue weighted by Crippen LogP contribution is -2.57. The van der Waals surface area contributed by atoms with Gasteiger partial charge in [-0.1, -0.05) is 44.2 Å². The molecular formula is C26H36N4O6. The molecule has 2 aliphatic heterocycles. The van der Waals surface area contributed by atoms with E-state index in [1.165, 1.54) is 4.90 Å². The second kappa shape index (κ2) is 9.63. The first kappa shape index (κ1) is 25.8. The molecule has 0 radical (unpaired) electrons. The number of hydrazine groups is 1. The number of benzene rings is 1. The molecule has 2 saturated heterocycles. The van der Waals surface area contributed by atoms with Crippen molar-refractivity contribution in [3.63, 3.8) is 0 Å². The van der Waals surface area contributed by atoms with Crippen molar-refractivity contribution < 1.29 is 28.7 Å². The van der Waals surface area contributed by atoms with E-state index in [0.29, 0.717) is 19.5 Å². The van der Waals surface area contributed by atoms with Crippen molar-refractivity contribution in [1.82, 2.24) is 20.7 Å². The molecule has 1 aliphatic carbocycles. The third-order valence-electron chi connectivity index (χ3n) is 7.34. The standard InChI is InChI=1S/C26H36N4O6/c1-25(2,3)36-24(34)30(13-17-11-12-27-21(17)31)28-22(32)20-19-18(26(19,4)5)14-29(20)23(33)35-15-16-9-7-6-8-10-16/h6-10,17-20H,11-15H2,1-5H3,(H,27,31)(H,28,32)/t17-,18-,19-,20-/m0/s1. The average molecular weight is 501 g/mol. The van der Waals surface area contributed by atoms with Crippen LogP contribution in [0.3, 0.4) is 0 Å². The Morgan fingerprint density at radius 3 is 2.50 bits per heavy atom. The maximum Gasteiger partial charge on any atom is 0.429 e. The van der Waals surface area contributed by atoms with E-state index < -0.39 is 35.7 Å². The monoisotopic (exact) mass is 500 g/mol. The Labute approximate surface area is 211 Å². The molecule has 10 heteroatoms. The molecule has 0 bridgehead atoms. The summed E-state index contributed by atoms with van der Waals surface area (Å²) in [4.78, 5) is 53.2. The molecule has 36 heavy (non-hydrogen) atoms. The molecule has 0 unspecified atom stereocenters. The predicted molar refractivity (Wildman–Crippen MR) is 130 cm³/mol. The molecule has 4 amide bonds. The quantitative estimate of drug-likeness (QED) is 0.601. The first-order chi connectivity index (χ1) is 16.9. The summed E-state index contributed by atoms with van der Waals surface area (Å²) in [6.45, 7) is 10.3. The number of rotatable bonds is 5. The number of carbonyl (C=O) groups excluding carboxylic acids is 4. The fourth-order valence-corrected chi connectivity index (χ4v) is 5.30. The highest BCUT2D eigenvalue weighted by Crippen LogP contribution is 2.64. The Kier molecular flexibility index (Phi) is 6.90. The zero-order valence-electron chi connectivity index (χ0n) is 21.6. The summed E-state index contributed by atoms with van der Waals surface area (Å²) in [6.07, 6.45) is -0.771. The molecule has 4 atom stereocenters. The van der Waals surface area contributed by atoms with Crippen LogP contribution in [0.4, 0.5) is 9.59 Å². The van der Waals surface area contributed by atoms with Crippen LogP contribution in [0.1, 0.15) is 46.6 Å². The van der Waals surface area contributed by atoms with Gasteiger partial charge < -0.3 is 14.8 Å². The van der Waals surface area contributed by atoms with E-state index in [-0.39, 0.29) is 36.3 Å². The fourth-order valence-electron chi connectivity index (χ4n) is 5.30. The molecule has 3 fully saturated rings. The van der Waals surface area contributed by atoms with E-state index in [4.69, 9.17) is 9.47 Å². The van der Waals surface area contributed by atoms with Gasteiger partial charge in [0, 0.05) is 13.1 Å². The SMILES string of the molecule is CC(C)(C)OC(=O)N(C[C@@H]1CCNC1=O)NC(=O)[C@@H]1[C@@H]2[C@H](CN1C(=O)OCc1ccccc1)C2(C)C. The van der Waals surface area contributed by atoms with E-state index in [1.54, 1.807) is 20.8 Å². The molecule has 10 nitrogen and oxygen atoms in total. The molecule has 2 N–H and O–H groups in total. The van der Waals surface area contributed by atoms with Gasteiger partial charge in [-0.2, -0.15) is 0 Å². The van der Waals surface area contributed by atoms with E-state index >= 15 is 0 Å². The first-order valence-electron chi connectivity index (χ1n) is 12.4. The largest absolute Gasteiger partial charge is 0.445 e. The lowest BCUT2D eigenvalue weighted by molar-refractivity contribution is -0.132. The van der Waals surface area contributed by atoms with Gasteiger partial charge in [-0.15, -0.1) is 0 Å². The number of hydrogen-bond donors (Lipinski definition) is 2. The molecular weight excluding hydrogens is 464 g/mol. The molecule has 0 spiro atoms. The number of nitrogens with one attached hydrogen (secondary N) is 2. The van der Waals surface area contributed by atoms with Gasteiger partial charge in [-0.05, 0) is 50.0 Å². The predicted octanol–water partition coefficient (Wildman–Crippen LogP) is 2.68. The number of piperidine rings is 1. The van der Waals surface area contributed by atoms with Crippen LogP contribution in [0.25, 0.3) is 0 Å². The van der Waals surface area contributed by atoms with Crippen LogP contribution in [0.2, 0.25) is 0 Å². The number of fused-ring (bicyclic) bond motifs is 1. The van der Waals surface area contributed by atoms with Crippen molar-refractivity contribution in [2.45, 2.75) is 59.3 Å². The van der Waals surface area contributed by atoms with Crippen LogP contribution in [0, 0.1) is 23.2 Å². The van der Waals surface area contributed by atoms with Gasteiger partial charge in [0.05, 0.1) is 12.5 Å². The Morgan fingerprint density at radius 1 is 1.19 bits per heavy atom. The highest BCUT2D eigenvalue weighted by Gasteiger charge is 2.69. The Hall–Kier alpha value is -3.30. The summed E-state index contributed by atoms with van der Waals surface area (Å²) in [5, 5.41) is 3.81. The second-order valence-electron chi connectivity index (χ2n) is 11.4. The smallest absolute Gasteiger partial charge is 0.429 e. The Balaban J connectivity index is 1.48. The zero-order chi connectivity index (χ0) is 26.3. The van der Waals surface area contributed by atoms with Crippen molar-refractivity contribution in [2.24, 2.45) is 23.2 Å². The molecule has 2 heterocycles. The van der Waals surface area contributed by atoms with Crippen molar-refractivity contribution in [1.29, 1.82) is 0 Å². The van der Waals surface area contributed by atoms with Gasteiger partial charge >= 0.3 is 12.2 Å². The average Bonchev–Trinajstić information content (AvgIpc) is 3.16. The Morgan fingerprint density at radius 2 is 1.89 bits per heavy atom. The fraction of sp³-hybridized carbons (Fsp3) is 0.615. The Bertz CT molecular complexity index is 1020. The third kappa shape index (κ3) is 5.42. The van der Waals surface area contributed by atoms with Crippen LogP contribution < -0.4 is 10.7 Å². The van der Waals surface area contributed by atoms with Crippen molar-refractivity contribution >= 4 is 24.0 Å². The molecule has 4 rings (SSSR count). The van der Waals surface area contributed by atoms with E-state index in [0.717, 1.165) is 10.6 Å². The summed E-state index contributed by atoms with van der Waals surface area (Å²) in [5.74, 6) is -1.02. The minimum atomic E-state index is -0.796. The number of ether oxygens (including phenoxy) is 2. The normalized spacial score (nSPS) is 26.0. The first-order valence-corrected chi connectivity index (χ1v) is 12.4. The van der Waals surface area contributed by atoms with E-state index in [2.05, 4.69) is 24.6 Å². The number of hydrogen-bond acceptors (Lipinski definition) is 6. The molecule has 1 aromatic rings. The molecule has 196 valence electrons. The van der Waals surface area contributed by atoms with Crippen molar-refractivity contribution in [3.05, 3.63) is 35.9 Å². The number of likely N-dealkylation sites (tertiary alicyclic amines) is 1. The van der Waals surface area contributed by atoms with Gasteiger partial charge in [0.25, 0.3) is 5.91 Å². The number of carbonyl (C=O) groups is 4. The summed E-state index contributed by atoms with van der Waals surface area (Å²) in [6, 6.07) is 8.54. The number of amides is 4. The van der Waals surface area contributed by atoms with Crippen molar-refractivity contribution in [2.75, 3.05) is 19.6 Å². The second-order valence-corrected chi connectivity index (χ2v) is 11.4. The maximum atomic E-state index is 13.6. The summed E-state index contributed by atoms with van der Waals surface area (Å²) < 4.78 is 11.0. The van der Waals surface area contributed by atoms with E-state index in [9.17, 15) is 19.2 Å². The van der Waals surface area contributed by atoms with E-state index in [1.807, 2.05) is 30.3 Å². The highest BCUT2D eigenvalue weighted by molar-refractivity contribution is 5.89. The van der Waals surface area contributed by atoms with Crippen molar-refractivity contribution in [3.8, 4) is 0 Å². The highest BCUT2D eigenvalue weighted by atomic mass is 16.6. The van der Waals surface area contributed by atoms with Crippen LogP contribution in [-0.4, -0.2) is 65.2 Å². The summed E-state index contributed by atoms with van der Waals surface area (Å²) >= 11 is 0. The minimum absolute atomic E-state index is 0.0187. The topological polar surface area (TPSA) is 117 Å². The maximum absolute atomic E-state index is 13.6. The lowest BCUT2D eigenvalue weighted by Gasteiger charge is -2.33. The molecule has 0 aromatic heterocycles. The number of nitrogens with zero attached hydrogens (tertiary/aromatic N) is 2. The molecule has 1 saturated carbocycles. The van der Waals surface area contributed by atoms with Crippen LogP contribution in [-0.2, 0) is 25.7 Å². The summed E-state index contributed by atoms with van der Waals surface area (Å²) in [5.41, 5.74) is 2.62. The lowest BCUT2D eigenvalue weighted by atomic mass is 10.0. The molecule has 3 aliphatic rings. The minimum Gasteiger partial charge on any atom is -0.445 e.